The first-order valence-corrected chi connectivity index (χ1v) is 8.12. The maximum atomic E-state index is 12.2. The summed E-state index contributed by atoms with van der Waals surface area (Å²) in [5.41, 5.74) is 1.46. The second-order valence-corrected chi connectivity index (χ2v) is 5.58. The topological polar surface area (TPSA) is 81.7 Å². The second-order valence-electron chi connectivity index (χ2n) is 5.58. The van der Waals surface area contributed by atoms with Gasteiger partial charge >= 0.3 is 0 Å². The van der Waals surface area contributed by atoms with E-state index in [1.165, 1.54) is 0 Å². The molecule has 1 aromatic carbocycles. The van der Waals surface area contributed by atoms with Crippen molar-refractivity contribution in [3.63, 3.8) is 0 Å². The molecule has 0 atom stereocenters. The number of pyridine rings is 1. The Morgan fingerprint density at radius 3 is 2.92 bits per heavy atom. The molecule has 0 saturated heterocycles. The van der Waals surface area contributed by atoms with Gasteiger partial charge in [0, 0.05) is 33.0 Å². The molecular weight excluding hydrogens is 322 g/mol. The summed E-state index contributed by atoms with van der Waals surface area (Å²) in [6, 6.07) is 9.16. The Morgan fingerprint density at radius 1 is 1.24 bits per heavy atom. The van der Waals surface area contributed by atoms with Gasteiger partial charge in [-0.05, 0) is 36.2 Å². The molecule has 132 valence electrons. The fourth-order valence-electron chi connectivity index (χ4n) is 2.40. The molecule has 1 amide bonds. The summed E-state index contributed by atoms with van der Waals surface area (Å²) >= 11 is 0. The summed E-state index contributed by atoms with van der Waals surface area (Å²) in [6.07, 6.45) is 2.46. The monoisotopic (exact) mass is 343 g/mol. The predicted molar refractivity (Wildman–Crippen MR) is 93.0 cm³/mol. The van der Waals surface area contributed by atoms with Crippen LogP contribution in [0.1, 0.15) is 22.3 Å². The first kappa shape index (κ1) is 17.0. The van der Waals surface area contributed by atoms with Crippen LogP contribution in [-0.4, -0.2) is 37.9 Å². The first-order valence-electron chi connectivity index (χ1n) is 8.12. The number of rotatable bonds is 8. The van der Waals surface area contributed by atoms with Crippen LogP contribution >= 0.6 is 0 Å². The van der Waals surface area contributed by atoms with Gasteiger partial charge in [0.05, 0.1) is 5.56 Å². The first-order chi connectivity index (χ1) is 12.3. The van der Waals surface area contributed by atoms with Gasteiger partial charge in [-0.25, -0.2) is 4.98 Å². The number of fused-ring (bicyclic) bond motifs is 1. The molecule has 3 rings (SSSR count). The van der Waals surface area contributed by atoms with Crippen LogP contribution < -0.4 is 20.1 Å². The molecule has 0 radical (unpaired) electrons. The van der Waals surface area contributed by atoms with E-state index in [0.29, 0.717) is 24.5 Å². The van der Waals surface area contributed by atoms with Crippen LogP contribution in [0.25, 0.3) is 0 Å². The number of nitrogens with one attached hydrogen (secondary N) is 2. The van der Waals surface area contributed by atoms with Crippen molar-refractivity contribution in [2.75, 3.05) is 32.4 Å². The molecule has 2 heterocycles. The van der Waals surface area contributed by atoms with Crippen molar-refractivity contribution in [3.05, 3.63) is 47.7 Å². The summed E-state index contributed by atoms with van der Waals surface area (Å²) in [4.78, 5) is 16.5. The van der Waals surface area contributed by atoms with Crippen molar-refractivity contribution in [1.29, 1.82) is 0 Å². The van der Waals surface area contributed by atoms with Crippen LogP contribution in [0.4, 0.5) is 5.82 Å². The Hall–Kier alpha value is -2.80. The van der Waals surface area contributed by atoms with E-state index in [4.69, 9.17) is 14.2 Å². The fraction of sp³-hybridized carbons (Fsp3) is 0.333. The van der Waals surface area contributed by atoms with E-state index in [-0.39, 0.29) is 12.7 Å². The van der Waals surface area contributed by atoms with Gasteiger partial charge in [-0.2, -0.15) is 0 Å². The Balaban J connectivity index is 1.49. The number of amides is 1. The van der Waals surface area contributed by atoms with Gasteiger partial charge in [-0.3, -0.25) is 4.79 Å². The Labute approximate surface area is 146 Å². The normalized spacial score (nSPS) is 12.0. The fourth-order valence-corrected chi connectivity index (χ4v) is 2.40. The molecule has 2 aromatic rings. The smallest absolute Gasteiger partial charge is 0.253 e. The molecule has 1 aromatic heterocycles. The molecule has 25 heavy (non-hydrogen) atoms. The van der Waals surface area contributed by atoms with Crippen LogP contribution in [0.3, 0.4) is 0 Å². The van der Waals surface area contributed by atoms with Gasteiger partial charge in [-0.1, -0.05) is 6.07 Å². The number of hydrogen-bond acceptors (Lipinski definition) is 6. The number of methoxy groups -OCH3 is 1. The second kappa shape index (κ2) is 8.34. The summed E-state index contributed by atoms with van der Waals surface area (Å²) in [6.45, 7) is 2.12. The van der Waals surface area contributed by atoms with Crippen molar-refractivity contribution in [3.8, 4) is 11.5 Å². The minimum Gasteiger partial charge on any atom is -0.454 e. The van der Waals surface area contributed by atoms with E-state index >= 15 is 0 Å². The zero-order chi connectivity index (χ0) is 17.5. The molecule has 7 heteroatoms. The van der Waals surface area contributed by atoms with Crippen LogP contribution in [0.2, 0.25) is 0 Å². The van der Waals surface area contributed by atoms with Gasteiger partial charge in [0.2, 0.25) is 6.79 Å². The highest BCUT2D eigenvalue weighted by atomic mass is 16.7. The third-order valence-corrected chi connectivity index (χ3v) is 3.75. The van der Waals surface area contributed by atoms with Crippen molar-refractivity contribution in [2.45, 2.75) is 13.0 Å². The molecular formula is C18H21N3O4. The van der Waals surface area contributed by atoms with E-state index in [9.17, 15) is 4.79 Å². The Bertz CT molecular complexity index is 719. The highest BCUT2D eigenvalue weighted by molar-refractivity contribution is 5.94. The van der Waals surface area contributed by atoms with E-state index in [1.54, 1.807) is 25.4 Å². The van der Waals surface area contributed by atoms with E-state index in [1.807, 2.05) is 18.2 Å². The maximum Gasteiger partial charge on any atom is 0.253 e. The van der Waals surface area contributed by atoms with Gasteiger partial charge < -0.3 is 24.8 Å². The standard InChI is InChI=1S/C18H21N3O4/c1-23-8-2-7-19-17-6-4-14(11-20-17)18(22)21-10-13-3-5-15-16(9-13)25-12-24-15/h3-6,9,11H,2,7-8,10,12H2,1H3,(H,19,20)(H,21,22). The van der Waals surface area contributed by atoms with Gasteiger partial charge in [0.1, 0.15) is 5.82 Å². The number of carbonyl (C=O) groups is 1. The third kappa shape index (κ3) is 4.60. The number of ether oxygens (including phenoxy) is 3. The molecule has 0 bridgehead atoms. The quantitative estimate of drug-likeness (QED) is 0.715. The minimum atomic E-state index is -0.170. The molecule has 0 unspecified atom stereocenters. The van der Waals surface area contributed by atoms with Crippen LogP contribution in [0, 0.1) is 0 Å². The number of hydrogen-bond donors (Lipinski definition) is 2. The summed E-state index contributed by atoms with van der Waals surface area (Å²) < 4.78 is 15.6. The van der Waals surface area contributed by atoms with E-state index in [0.717, 1.165) is 30.1 Å². The number of carbonyl (C=O) groups excluding carboxylic acids is 1. The minimum absolute atomic E-state index is 0.170. The van der Waals surface area contributed by atoms with Gasteiger partial charge in [-0.15, -0.1) is 0 Å². The lowest BCUT2D eigenvalue weighted by atomic mass is 10.2. The SMILES string of the molecule is COCCCNc1ccc(C(=O)NCc2ccc3c(c2)OCO3)cn1. The zero-order valence-corrected chi connectivity index (χ0v) is 14.1. The number of benzene rings is 1. The lowest BCUT2D eigenvalue weighted by Crippen LogP contribution is -2.23. The molecule has 7 nitrogen and oxygen atoms in total. The maximum absolute atomic E-state index is 12.2. The highest BCUT2D eigenvalue weighted by Crippen LogP contribution is 2.32. The van der Waals surface area contributed by atoms with Crippen molar-refractivity contribution >= 4 is 11.7 Å². The van der Waals surface area contributed by atoms with Crippen LogP contribution in [0.15, 0.2) is 36.5 Å². The molecule has 0 spiro atoms. The number of anilines is 1. The summed E-state index contributed by atoms with van der Waals surface area (Å²) in [7, 11) is 1.68. The molecule has 2 N–H and O–H groups in total. The van der Waals surface area contributed by atoms with Crippen LogP contribution in [-0.2, 0) is 11.3 Å². The number of aromatic nitrogens is 1. The van der Waals surface area contributed by atoms with Crippen molar-refractivity contribution in [1.82, 2.24) is 10.3 Å². The molecule has 0 fully saturated rings. The predicted octanol–water partition coefficient (Wildman–Crippen LogP) is 2.19. The van der Waals surface area contributed by atoms with Crippen LogP contribution in [0.5, 0.6) is 11.5 Å². The lowest BCUT2D eigenvalue weighted by molar-refractivity contribution is 0.0950. The zero-order valence-electron chi connectivity index (χ0n) is 14.1. The summed E-state index contributed by atoms with van der Waals surface area (Å²) in [5.74, 6) is 2.00. The third-order valence-electron chi connectivity index (χ3n) is 3.75. The highest BCUT2D eigenvalue weighted by Gasteiger charge is 2.13. The average Bonchev–Trinajstić information content (AvgIpc) is 3.11. The summed E-state index contributed by atoms with van der Waals surface area (Å²) in [5, 5.41) is 6.05. The van der Waals surface area contributed by atoms with Gasteiger partial charge in [0.25, 0.3) is 5.91 Å². The van der Waals surface area contributed by atoms with Crippen molar-refractivity contribution < 1.29 is 19.0 Å². The molecule has 1 aliphatic heterocycles. The molecule has 1 aliphatic rings. The number of nitrogens with zero attached hydrogens (tertiary/aromatic N) is 1. The van der Waals surface area contributed by atoms with E-state index in [2.05, 4.69) is 15.6 Å². The largest absolute Gasteiger partial charge is 0.454 e. The van der Waals surface area contributed by atoms with E-state index < -0.39 is 0 Å². The van der Waals surface area contributed by atoms with Crippen molar-refractivity contribution in [2.24, 2.45) is 0 Å². The Morgan fingerprint density at radius 2 is 2.12 bits per heavy atom. The lowest BCUT2D eigenvalue weighted by Gasteiger charge is -2.08. The average molecular weight is 343 g/mol. The molecule has 0 aliphatic carbocycles. The molecule has 0 saturated carbocycles. The van der Waals surface area contributed by atoms with Gasteiger partial charge in [0.15, 0.2) is 11.5 Å². The Kier molecular flexibility index (Phi) is 5.69.